The second-order valence-electron chi connectivity index (χ2n) is 4.68. The molecule has 0 aliphatic carbocycles. The first-order valence-corrected chi connectivity index (χ1v) is 6.93. The van der Waals surface area contributed by atoms with E-state index in [1.54, 1.807) is 14.2 Å². The van der Waals surface area contributed by atoms with Crippen LogP contribution < -0.4 is 20.7 Å². The van der Waals surface area contributed by atoms with Crippen LogP contribution in [0.2, 0.25) is 5.02 Å². The van der Waals surface area contributed by atoms with Gasteiger partial charge >= 0.3 is 0 Å². The van der Waals surface area contributed by atoms with Crippen LogP contribution in [0.5, 0.6) is 11.5 Å². The molecule has 3 N–H and O–H groups in total. The van der Waals surface area contributed by atoms with Crippen LogP contribution in [0.3, 0.4) is 0 Å². The molecule has 1 unspecified atom stereocenters. The molecule has 1 atom stereocenters. The van der Waals surface area contributed by atoms with E-state index in [-0.39, 0.29) is 6.04 Å². The van der Waals surface area contributed by atoms with E-state index >= 15 is 0 Å². The van der Waals surface area contributed by atoms with Gasteiger partial charge in [-0.05, 0) is 36.2 Å². The third-order valence-corrected chi connectivity index (χ3v) is 3.86. The van der Waals surface area contributed by atoms with Crippen LogP contribution in [0.25, 0.3) is 0 Å². The molecule has 0 bridgehead atoms. The summed E-state index contributed by atoms with van der Waals surface area (Å²) in [5, 5.41) is 0.724. The molecule has 0 heterocycles. The van der Waals surface area contributed by atoms with Gasteiger partial charge in [0.2, 0.25) is 0 Å². The van der Waals surface area contributed by atoms with Gasteiger partial charge in [0.25, 0.3) is 0 Å². The third kappa shape index (κ3) is 3.13. The van der Waals surface area contributed by atoms with E-state index in [0.29, 0.717) is 11.5 Å². The van der Waals surface area contributed by atoms with Gasteiger partial charge in [-0.2, -0.15) is 0 Å². The van der Waals surface area contributed by atoms with E-state index in [9.17, 15) is 0 Å². The third-order valence-electron chi connectivity index (χ3n) is 3.44. The molecule has 0 saturated heterocycles. The van der Waals surface area contributed by atoms with Crippen LogP contribution in [0.1, 0.15) is 22.7 Å². The molecule has 21 heavy (non-hydrogen) atoms. The Morgan fingerprint density at radius 2 is 1.71 bits per heavy atom. The van der Waals surface area contributed by atoms with Gasteiger partial charge < -0.3 is 9.47 Å². The molecule has 0 fully saturated rings. The maximum Gasteiger partial charge on any atom is 0.127 e. The van der Waals surface area contributed by atoms with Crippen molar-refractivity contribution in [1.82, 2.24) is 5.43 Å². The number of aryl methyl sites for hydroxylation is 1. The summed E-state index contributed by atoms with van der Waals surface area (Å²) in [5.74, 6) is 7.20. The minimum atomic E-state index is -0.257. The number of hydrogen-bond donors (Lipinski definition) is 2. The molecule has 0 aliphatic heterocycles. The SMILES string of the molecule is COc1cccc(OC)c1C(NN)c1ccc(Cl)c(C)c1. The standard InChI is InChI=1S/C16H19ClN2O2/c1-10-9-11(7-8-12(10)17)16(19-18)15-13(20-2)5-4-6-14(15)21-3/h4-9,16,19H,18H2,1-3H3. The van der Waals surface area contributed by atoms with Crippen molar-refractivity contribution < 1.29 is 9.47 Å². The van der Waals surface area contributed by atoms with Gasteiger partial charge in [0.15, 0.2) is 0 Å². The lowest BCUT2D eigenvalue weighted by Crippen LogP contribution is -2.29. The van der Waals surface area contributed by atoms with E-state index < -0.39 is 0 Å². The number of hydrogen-bond acceptors (Lipinski definition) is 4. The Morgan fingerprint density at radius 3 is 2.19 bits per heavy atom. The quantitative estimate of drug-likeness (QED) is 0.658. The average Bonchev–Trinajstić information content (AvgIpc) is 2.51. The zero-order valence-electron chi connectivity index (χ0n) is 12.3. The number of nitrogens with two attached hydrogens (primary N) is 1. The van der Waals surface area contributed by atoms with E-state index in [2.05, 4.69) is 5.43 Å². The summed E-state index contributed by atoms with van der Waals surface area (Å²) in [4.78, 5) is 0. The maximum absolute atomic E-state index is 6.09. The van der Waals surface area contributed by atoms with Gasteiger partial charge in [-0.3, -0.25) is 5.84 Å². The molecular weight excluding hydrogens is 288 g/mol. The molecule has 2 aromatic carbocycles. The topological polar surface area (TPSA) is 56.5 Å². The molecule has 2 aromatic rings. The van der Waals surface area contributed by atoms with Crippen molar-refractivity contribution in [3.8, 4) is 11.5 Å². The van der Waals surface area contributed by atoms with Crippen LogP contribution in [-0.4, -0.2) is 14.2 Å². The van der Waals surface area contributed by atoms with Crippen LogP contribution in [0, 0.1) is 6.92 Å². The zero-order valence-corrected chi connectivity index (χ0v) is 13.1. The fraction of sp³-hybridized carbons (Fsp3) is 0.250. The fourth-order valence-corrected chi connectivity index (χ4v) is 2.48. The number of benzene rings is 2. The zero-order chi connectivity index (χ0) is 15.4. The van der Waals surface area contributed by atoms with Gasteiger partial charge in [-0.15, -0.1) is 0 Å². The summed E-state index contributed by atoms with van der Waals surface area (Å²) in [5.41, 5.74) is 5.66. The lowest BCUT2D eigenvalue weighted by atomic mass is 9.96. The molecule has 2 rings (SSSR count). The number of hydrazine groups is 1. The number of ether oxygens (including phenoxy) is 2. The highest BCUT2D eigenvalue weighted by atomic mass is 35.5. The molecule has 0 aliphatic rings. The van der Waals surface area contributed by atoms with E-state index in [1.165, 1.54) is 0 Å². The Balaban J connectivity index is 2.57. The first kappa shape index (κ1) is 15.6. The Morgan fingerprint density at radius 1 is 1.10 bits per heavy atom. The first-order chi connectivity index (χ1) is 10.1. The van der Waals surface area contributed by atoms with E-state index in [0.717, 1.165) is 21.7 Å². The van der Waals surface area contributed by atoms with Gasteiger partial charge in [0.1, 0.15) is 11.5 Å². The number of halogens is 1. The summed E-state index contributed by atoms with van der Waals surface area (Å²) in [6.45, 7) is 1.96. The normalized spacial score (nSPS) is 12.0. The van der Waals surface area contributed by atoms with Crippen LogP contribution in [0.4, 0.5) is 0 Å². The summed E-state index contributed by atoms with van der Waals surface area (Å²) in [7, 11) is 3.25. The second kappa shape index (κ2) is 6.80. The smallest absolute Gasteiger partial charge is 0.127 e. The molecule has 0 saturated carbocycles. The van der Waals surface area contributed by atoms with Crippen molar-refractivity contribution >= 4 is 11.6 Å². The van der Waals surface area contributed by atoms with E-state index in [1.807, 2.05) is 43.3 Å². The number of methoxy groups -OCH3 is 2. The summed E-state index contributed by atoms with van der Waals surface area (Å²) < 4.78 is 10.9. The van der Waals surface area contributed by atoms with Crippen molar-refractivity contribution in [2.75, 3.05) is 14.2 Å². The molecule has 4 nitrogen and oxygen atoms in total. The highest BCUT2D eigenvalue weighted by Crippen LogP contribution is 2.37. The van der Waals surface area contributed by atoms with Gasteiger partial charge in [0, 0.05) is 5.02 Å². The Bertz CT molecular complexity index is 609. The summed E-state index contributed by atoms with van der Waals surface area (Å²) in [6, 6.07) is 11.2. The minimum absolute atomic E-state index is 0.257. The molecule has 0 spiro atoms. The molecule has 0 aromatic heterocycles. The van der Waals surface area contributed by atoms with Crippen LogP contribution in [0.15, 0.2) is 36.4 Å². The summed E-state index contributed by atoms with van der Waals surface area (Å²) in [6.07, 6.45) is 0. The lowest BCUT2D eigenvalue weighted by Gasteiger charge is -2.22. The molecule has 0 radical (unpaired) electrons. The van der Waals surface area contributed by atoms with Gasteiger partial charge in [-0.1, -0.05) is 29.8 Å². The highest BCUT2D eigenvalue weighted by molar-refractivity contribution is 6.31. The van der Waals surface area contributed by atoms with Gasteiger partial charge in [-0.25, -0.2) is 5.43 Å². The largest absolute Gasteiger partial charge is 0.496 e. The summed E-state index contributed by atoms with van der Waals surface area (Å²) >= 11 is 6.09. The first-order valence-electron chi connectivity index (χ1n) is 6.55. The molecule has 5 heteroatoms. The lowest BCUT2D eigenvalue weighted by molar-refractivity contribution is 0.377. The predicted molar refractivity (Wildman–Crippen MR) is 84.9 cm³/mol. The Labute approximate surface area is 129 Å². The fourth-order valence-electron chi connectivity index (χ4n) is 2.36. The van der Waals surface area contributed by atoms with Crippen molar-refractivity contribution in [3.63, 3.8) is 0 Å². The van der Waals surface area contributed by atoms with Crippen LogP contribution in [-0.2, 0) is 0 Å². The highest BCUT2D eigenvalue weighted by Gasteiger charge is 2.22. The monoisotopic (exact) mass is 306 g/mol. The van der Waals surface area contributed by atoms with Crippen molar-refractivity contribution in [1.29, 1.82) is 0 Å². The van der Waals surface area contributed by atoms with Crippen molar-refractivity contribution in [2.45, 2.75) is 13.0 Å². The van der Waals surface area contributed by atoms with Gasteiger partial charge in [0.05, 0.1) is 25.8 Å². The molecular formula is C16H19ClN2O2. The Kier molecular flexibility index (Phi) is 5.07. The maximum atomic E-state index is 6.09. The number of nitrogens with one attached hydrogen (secondary N) is 1. The minimum Gasteiger partial charge on any atom is -0.496 e. The number of rotatable bonds is 5. The predicted octanol–water partition coefficient (Wildman–Crippen LogP) is 3.22. The van der Waals surface area contributed by atoms with Crippen LogP contribution >= 0.6 is 11.6 Å². The average molecular weight is 307 g/mol. The van der Waals surface area contributed by atoms with Crippen molar-refractivity contribution in [2.24, 2.45) is 5.84 Å². The molecule has 0 amide bonds. The Hall–Kier alpha value is -1.75. The second-order valence-corrected chi connectivity index (χ2v) is 5.09. The van der Waals surface area contributed by atoms with Crippen molar-refractivity contribution in [3.05, 3.63) is 58.1 Å². The molecule has 112 valence electrons. The van der Waals surface area contributed by atoms with E-state index in [4.69, 9.17) is 26.9 Å².